The number of aliphatic carboxylic acids is 1. The predicted molar refractivity (Wildman–Crippen MR) is 76.0 cm³/mol. The van der Waals surface area contributed by atoms with E-state index in [1.807, 2.05) is 0 Å². The van der Waals surface area contributed by atoms with Gasteiger partial charge in [0.15, 0.2) is 0 Å². The van der Waals surface area contributed by atoms with Gasteiger partial charge in [-0.1, -0.05) is 0 Å². The fourth-order valence-electron chi connectivity index (χ4n) is 1.71. The maximum atomic E-state index is 11.2. The van der Waals surface area contributed by atoms with Crippen LogP contribution in [-0.2, 0) is 4.79 Å². The minimum absolute atomic E-state index is 0.0365. The van der Waals surface area contributed by atoms with E-state index in [9.17, 15) is 20.0 Å². The molecule has 6 nitrogen and oxygen atoms in total. The summed E-state index contributed by atoms with van der Waals surface area (Å²) >= 11 is 1.15. The molecule has 0 aliphatic carbocycles. The second kappa shape index (κ2) is 5.09. The number of nitro benzene ring substituents is 1. The molecule has 20 heavy (non-hydrogen) atoms. The van der Waals surface area contributed by atoms with Gasteiger partial charge in [-0.25, -0.2) is 0 Å². The highest BCUT2D eigenvalue weighted by Gasteiger charge is 2.29. The highest BCUT2D eigenvalue weighted by molar-refractivity contribution is 8.01. The maximum Gasteiger partial charge on any atom is 0.319 e. The van der Waals surface area contributed by atoms with Crippen LogP contribution >= 0.6 is 11.8 Å². The molecule has 0 atom stereocenters. The number of hydrogen-bond acceptors (Lipinski definition) is 5. The van der Waals surface area contributed by atoms with Crippen LogP contribution in [0.3, 0.4) is 0 Å². The lowest BCUT2D eigenvalue weighted by atomic mass is 10.1. The molecule has 2 rings (SSSR count). The Bertz CT molecular complexity index is 700. The Labute approximate surface area is 119 Å². The number of benzene rings is 1. The van der Waals surface area contributed by atoms with E-state index in [1.165, 1.54) is 18.5 Å². The Morgan fingerprint density at radius 1 is 1.35 bits per heavy atom. The summed E-state index contributed by atoms with van der Waals surface area (Å²) in [4.78, 5) is 26.3. The molecular formula is C13H12N2O4S. The van der Waals surface area contributed by atoms with Crippen molar-refractivity contribution in [3.63, 3.8) is 0 Å². The smallest absolute Gasteiger partial charge is 0.319 e. The summed E-state index contributed by atoms with van der Waals surface area (Å²) in [5, 5.41) is 21.2. The lowest BCUT2D eigenvalue weighted by Crippen LogP contribution is -2.26. The van der Waals surface area contributed by atoms with Crippen molar-refractivity contribution in [2.45, 2.75) is 23.5 Å². The molecule has 1 heterocycles. The van der Waals surface area contributed by atoms with Crippen LogP contribution in [0.25, 0.3) is 10.8 Å². The van der Waals surface area contributed by atoms with Gasteiger partial charge in [0.05, 0.1) is 10.3 Å². The standard InChI is InChI=1S/C13H12N2O4S/c1-13(2,12(16)17)20-11-4-3-10(15(18)19)9-7-14-6-5-8(9)11/h3-7H,1-2H3,(H,16,17). The second-order valence-corrected chi connectivity index (χ2v) is 6.34. The molecule has 0 aliphatic heterocycles. The van der Waals surface area contributed by atoms with Crippen molar-refractivity contribution in [1.29, 1.82) is 0 Å². The summed E-state index contributed by atoms with van der Waals surface area (Å²) in [6, 6.07) is 4.61. The summed E-state index contributed by atoms with van der Waals surface area (Å²) in [7, 11) is 0. The van der Waals surface area contributed by atoms with Gasteiger partial charge < -0.3 is 5.11 Å². The molecular weight excluding hydrogens is 280 g/mol. The average Bonchev–Trinajstić information content (AvgIpc) is 2.38. The number of nitrogens with zero attached hydrogens (tertiary/aromatic N) is 2. The molecule has 104 valence electrons. The van der Waals surface area contributed by atoms with Gasteiger partial charge in [0, 0.05) is 28.7 Å². The number of pyridine rings is 1. The minimum atomic E-state index is -1.02. The summed E-state index contributed by atoms with van der Waals surface area (Å²) < 4.78 is -1.02. The topological polar surface area (TPSA) is 93.3 Å². The molecule has 0 saturated heterocycles. The van der Waals surface area contributed by atoms with E-state index >= 15 is 0 Å². The van der Waals surface area contributed by atoms with Crippen LogP contribution in [0.4, 0.5) is 5.69 Å². The van der Waals surface area contributed by atoms with Crippen LogP contribution in [-0.4, -0.2) is 25.7 Å². The zero-order valence-electron chi connectivity index (χ0n) is 10.9. The third-order valence-electron chi connectivity index (χ3n) is 2.83. The number of rotatable bonds is 4. The van der Waals surface area contributed by atoms with Gasteiger partial charge in [-0.2, -0.15) is 0 Å². The zero-order valence-corrected chi connectivity index (χ0v) is 11.7. The van der Waals surface area contributed by atoms with E-state index in [1.54, 1.807) is 26.0 Å². The first-order valence-electron chi connectivity index (χ1n) is 5.76. The fraction of sp³-hybridized carbons (Fsp3) is 0.231. The Morgan fingerprint density at radius 3 is 2.65 bits per heavy atom. The number of carboxylic acid groups (broad SMARTS) is 1. The first-order valence-corrected chi connectivity index (χ1v) is 6.58. The molecule has 0 saturated carbocycles. The van der Waals surface area contributed by atoms with Gasteiger partial charge in [0.25, 0.3) is 5.69 Å². The minimum Gasteiger partial charge on any atom is -0.480 e. The SMILES string of the molecule is CC(C)(Sc1ccc([N+](=O)[O-])c2cnccc12)C(=O)O. The lowest BCUT2D eigenvalue weighted by molar-refractivity contribution is -0.383. The first kappa shape index (κ1) is 14.3. The van der Waals surface area contributed by atoms with Crippen molar-refractivity contribution in [3.05, 3.63) is 40.7 Å². The first-order chi connectivity index (χ1) is 9.33. The van der Waals surface area contributed by atoms with Crippen LogP contribution < -0.4 is 0 Å². The summed E-state index contributed by atoms with van der Waals surface area (Å²) in [6.07, 6.45) is 2.95. The third-order valence-corrected chi connectivity index (χ3v) is 4.09. The average molecular weight is 292 g/mol. The molecule has 7 heteroatoms. The highest BCUT2D eigenvalue weighted by atomic mass is 32.2. The van der Waals surface area contributed by atoms with Crippen LogP contribution in [0.2, 0.25) is 0 Å². The monoisotopic (exact) mass is 292 g/mol. The molecule has 1 aromatic heterocycles. The maximum absolute atomic E-state index is 11.2. The Morgan fingerprint density at radius 2 is 2.05 bits per heavy atom. The van der Waals surface area contributed by atoms with Gasteiger partial charge >= 0.3 is 5.97 Å². The van der Waals surface area contributed by atoms with Gasteiger partial charge in [-0.3, -0.25) is 19.9 Å². The molecule has 0 amide bonds. The van der Waals surface area contributed by atoms with Gasteiger partial charge in [0.2, 0.25) is 0 Å². The van der Waals surface area contributed by atoms with Crippen molar-refractivity contribution in [1.82, 2.24) is 4.98 Å². The number of aromatic nitrogens is 1. The van der Waals surface area contributed by atoms with Crippen molar-refractivity contribution in [3.8, 4) is 0 Å². The predicted octanol–water partition coefficient (Wildman–Crippen LogP) is 3.10. The van der Waals surface area contributed by atoms with E-state index in [0.717, 1.165) is 11.8 Å². The molecule has 0 fully saturated rings. The molecule has 0 bridgehead atoms. The number of nitro groups is 1. The third kappa shape index (κ3) is 2.57. The van der Waals surface area contributed by atoms with Crippen molar-refractivity contribution >= 4 is 34.2 Å². The van der Waals surface area contributed by atoms with Crippen LogP contribution in [0.15, 0.2) is 35.5 Å². The van der Waals surface area contributed by atoms with Gasteiger partial charge in [-0.15, -0.1) is 11.8 Å². The fourth-order valence-corrected chi connectivity index (χ4v) is 2.78. The van der Waals surface area contributed by atoms with E-state index in [-0.39, 0.29) is 5.69 Å². The zero-order chi connectivity index (χ0) is 14.9. The molecule has 1 N–H and O–H groups in total. The molecule has 1 aromatic carbocycles. The molecule has 2 aromatic rings. The molecule has 0 unspecified atom stereocenters. The highest BCUT2D eigenvalue weighted by Crippen LogP contribution is 2.39. The molecule has 0 spiro atoms. The number of hydrogen-bond donors (Lipinski definition) is 1. The number of fused-ring (bicyclic) bond motifs is 1. The largest absolute Gasteiger partial charge is 0.480 e. The summed E-state index contributed by atoms with van der Waals surface area (Å²) in [5.74, 6) is -0.942. The van der Waals surface area contributed by atoms with E-state index in [4.69, 9.17) is 0 Å². The Balaban J connectivity index is 2.60. The van der Waals surface area contributed by atoms with Gasteiger partial charge in [0.1, 0.15) is 4.75 Å². The molecule has 0 radical (unpaired) electrons. The van der Waals surface area contributed by atoms with Crippen molar-refractivity contribution in [2.75, 3.05) is 0 Å². The van der Waals surface area contributed by atoms with Crippen LogP contribution in [0.1, 0.15) is 13.8 Å². The van der Waals surface area contributed by atoms with E-state index in [2.05, 4.69) is 4.98 Å². The quantitative estimate of drug-likeness (QED) is 0.528. The number of carboxylic acids is 1. The van der Waals surface area contributed by atoms with Crippen LogP contribution in [0, 0.1) is 10.1 Å². The Kier molecular flexibility index (Phi) is 3.63. The van der Waals surface area contributed by atoms with E-state index < -0.39 is 15.6 Å². The van der Waals surface area contributed by atoms with Gasteiger partial charge in [-0.05, 0) is 26.0 Å². The Hall–Kier alpha value is -2.15. The van der Waals surface area contributed by atoms with Crippen molar-refractivity contribution in [2.24, 2.45) is 0 Å². The summed E-state index contributed by atoms with van der Waals surface area (Å²) in [5.41, 5.74) is -0.0365. The van der Waals surface area contributed by atoms with E-state index in [0.29, 0.717) is 15.7 Å². The molecule has 0 aliphatic rings. The second-order valence-electron chi connectivity index (χ2n) is 4.68. The number of non-ortho nitro benzene ring substituents is 1. The van der Waals surface area contributed by atoms with Crippen molar-refractivity contribution < 1.29 is 14.8 Å². The number of thioether (sulfide) groups is 1. The normalized spacial score (nSPS) is 11.5. The van der Waals surface area contributed by atoms with Crippen LogP contribution in [0.5, 0.6) is 0 Å². The summed E-state index contributed by atoms with van der Waals surface area (Å²) in [6.45, 7) is 3.18. The number of carbonyl (C=O) groups is 1. The lowest BCUT2D eigenvalue weighted by Gasteiger charge is -2.19.